The van der Waals surface area contributed by atoms with Crippen molar-refractivity contribution >= 4 is 5.91 Å². The molecular formula is C14H16N4O2. The van der Waals surface area contributed by atoms with Gasteiger partial charge in [0.1, 0.15) is 0 Å². The Balaban J connectivity index is 1.72. The number of hydrogen-bond donors (Lipinski definition) is 1. The molecule has 1 aromatic carbocycles. The topological polar surface area (TPSA) is 71.3 Å². The molecular weight excluding hydrogens is 256 g/mol. The summed E-state index contributed by atoms with van der Waals surface area (Å²) >= 11 is 0. The second kappa shape index (κ2) is 5.42. The van der Waals surface area contributed by atoms with Crippen LogP contribution in [0.4, 0.5) is 0 Å². The number of amides is 1. The van der Waals surface area contributed by atoms with Gasteiger partial charge in [0.2, 0.25) is 17.7 Å². The normalized spacial score (nSPS) is 16.1. The molecule has 6 nitrogen and oxygen atoms in total. The number of carbonyl (C=O) groups excluding carboxylic acids is 1. The molecule has 1 aliphatic rings. The van der Waals surface area contributed by atoms with Gasteiger partial charge >= 0.3 is 0 Å². The van der Waals surface area contributed by atoms with Crippen LogP contribution < -0.4 is 5.32 Å². The Morgan fingerprint density at radius 3 is 3.10 bits per heavy atom. The molecule has 1 N–H and O–H groups in total. The average Bonchev–Trinajstić information content (AvgIpc) is 2.87. The van der Waals surface area contributed by atoms with Crippen LogP contribution in [-0.2, 0) is 11.3 Å². The number of benzene rings is 1. The van der Waals surface area contributed by atoms with Crippen molar-refractivity contribution in [2.75, 3.05) is 19.6 Å². The van der Waals surface area contributed by atoms with Crippen LogP contribution in [0.25, 0.3) is 11.5 Å². The Labute approximate surface area is 116 Å². The highest BCUT2D eigenvalue weighted by molar-refractivity contribution is 5.78. The van der Waals surface area contributed by atoms with Gasteiger partial charge in [-0.3, -0.25) is 9.69 Å². The Bertz CT molecular complexity index is 623. The van der Waals surface area contributed by atoms with E-state index in [4.69, 9.17) is 4.42 Å². The van der Waals surface area contributed by atoms with Crippen molar-refractivity contribution in [1.29, 1.82) is 0 Å². The Morgan fingerprint density at radius 1 is 1.40 bits per heavy atom. The van der Waals surface area contributed by atoms with E-state index in [1.807, 2.05) is 36.1 Å². The van der Waals surface area contributed by atoms with E-state index in [0.717, 1.165) is 17.7 Å². The molecule has 0 atom stereocenters. The first kappa shape index (κ1) is 12.8. The molecule has 1 aliphatic heterocycles. The zero-order valence-corrected chi connectivity index (χ0v) is 11.3. The van der Waals surface area contributed by atoms with Crippen LogP contribution in [0.1, 0.15) is 11.5 Å². The lowest BCUT2D eigenvalue weighted by molar-refractivity contribution is -0.124. The second-order valence-corrected chi connectivity index (χ2v) is 4.93. The minimum Gasteiger partial charge on any atom is -0.419 e. The van der Waals surface area contributed by atoms with Crippen LogP contribution in [-0.4, -0.2) is 40.6 Å². The second-order valence-electron chi connectivity index (χ2n) is 4.93. The van der Waals surface area contributed by atoms with Gasteiger partial charge in [0, 0.05) is 18.7 Å². The van der Waals surface area contributed by atoms with Gasteiger partial charge in [-0.05, 0) is 19.1 Å². The minimum atomic E-state index is 0.0367. The summed E-state index contributed by atoms with van der Waals surface area (Å²) in [6.45, 7) is 4.37. The highest BCUT2D eigenvalue weighted by Crippen LogP contribution is 2.19. The maximum Gasteiger partial charge on any atom is 0.247 e. The summed E-state index contributed by atoms with van der Waals surface area (Å²) < 4.78 is 5.67. The molecule has 1 amide bonds. The Hall–Kier alpha value is -2.21. The molecule has 0 aliphatic carbocycles. The smallest absolute Gasteiger partial charge is 0.247 e. The monoisotopic (exact) mass is 272 g/mol. The molecule has 0 radical (unpaired) electrons. The largest absolute Gasteiger partial charge is 0.419 e. The molecule has 2 aromatic rings. The molecule has 6 heteroatoms. The van der Waals surface area contributed by atoms with Gasteiger partial charge in [0.15, 0.2) is 0 Å². The van der Waals surface area contributed by atoms with Crippen LogP contribution >= 0.6 is 0 Å². The van der Waals surface area contributed by atoms with Crippen LogP contribution in [0.2, 0.25) is 0 Å². The third kappa shape index (κ3) is 2.85. The van der Waals surface area contributed by atoms with Crippen molar-refractivity contribution in [2.24, 2.45) is 0 Å². The van der Waals surface area contributed by atoms with E-state index in [9.17, 15) is 4.79 Å². The highest BCUT2D eigenvalue weighted by atomic mass is 16.4. The molecule has 1 fully saturated rings. The number of nitrogens with zero attached hydrogens (tertiary/aromatic N) is 3. The van der Waals surface area contributed by atoms with Crippen molar-refractivity contribution in [1.82, 2.24) is 20.4 Å². The van der Waals surface area contributed by atoms with E-state index in [1.54, 1.807) is 0 Å². The molecule has 3 rings (SSSR count). The van der Waals surface area contributed by atoms with Gasteiger partial charge in [-0.1, -0.05) is 17.7 Å². The van der Waals surface area contributed by atoms with Gasteiger partial charge in [-0.25, -0.2) is 0 Å². The van der Waals surface area contributed by atoms with E-state index in [0.29, 0.717) is 31.4 Å². The summed E-state index contributed by atoms with van der Waals surface area (Å²) in [4.78, 5) is 13.3. The van der Waals surface area contributed by atoms with E-state index < -0.39 is 0 Å². The standard InChI is InChI=1S/C14H16N4O2/c1-10-3-2-4-11(7-10)14-17-16-13(20-14)9-18-6-5-15-12(19)8-18/h2-4,7H,5-6,8-9H2,1H3,(H,15,19). The summed E-state index contributed by atoms with van der Waals surface area (Å²) in [6, 6.07) is 7.93. The van der Waals surface area contributed by atoms with Crippen molar-refractivity contribution in [2.45, 2.75) is 13.5 Å². The van der Waals surface area contributed by atoms with Gasteiger partial charge in [0.05, 0.1) is 13.1 Å². The number of nitrogens with one attached hydrogen (secondary N) is 1. The van der Waals surface area contributed by atoms with E-state index >= 15 is 0 Å². The summed E-state index contributed by atoms with van der Waals surface area (Å²) in [7, 11) is 0. The number of piperazine rings is 1. The maximum atomic E-state index is 11.3. The van der Waals surface area contributed by atoms with Crippen molar-refractivity contribution < 1.29 is 9.21 Å². The number of hydrogen-bond acceptors (Lipinski definition) is 5. The number of carbonyl (C=O) groups is 1. The molecule has 0 saturated carbocycles. The molecule has 1 aromatic heterocycles. The van der Waals surface area contributed by atoms with Crippen LogP contribution in [0.15, 0.2) is 28.7 Å². The van der Waals surface area contributed by atoms with Crippen LogP contribution in [0.5, 0.6) is 0 Å². The number of rotatable bonds is 3. The average molecular weight is 272 g/mol. The quantitative estimate of drug-likeness (QED) is 0.901. The fourth-order valence-corrected chi connectivity index (χ4v) is 2.23. The highest BCUT2D eigenvalue weighted by Gasteiger charge is 2.19. The van der Waals surface area contributed by atoms with E-state index in [2.05, 4.69) is 15.5 Å². The first-order valence-electron chi connectivity index (χ1n) is 6.59. The molecule has 0 unspecified atom stereocenters. The predicted octanol–water partition coefficient (Wildman–Crippen LogP) is 0.977. The number of aryl methyl sites for hydroxylation is 1. The molecule has 20 heavy (non-hydrogen) atoms. The first-order chi connectivity index (χ1) is 9.70. The molecule has 104 valence electrons. The fourth-order valence-electron chi connectivity index (χ4n) is 2.23. The zero-order valence-electron chi connectivity index (χ0n) is 11.3. The molecule has 0 bridgehead atoms. The van der Waals surface area contributed by atoms with Crippen molar-refractivity contribution in [3.8, 4) is 11.5 Å². The third-order valence-electron chi connectivity index (χ3n) is 3.21. The molecule has 0 spiro atoms. The zero-order chi connectivity index (χ0) is 13.9. The third-order valence-corrected chi connectivity index (χ3v) is 3.21. The van der Waals surface area contributed by atoms with Crippen molar-refractivity contribution in [3.63, 3.8) is 0 Å². The summed E-state index contributed by atoms with van der Waals surface area (Å²) in [5, 5.41) is 10.9. The van der Waals surface area contributed by atoms with Gasteiger partial charge < -0.3 is 9.73 Å². The summed E-state index contributed by atoms with van der Waals surface area (Å²) in [5.41, 5.74) is 2.06. The number of aromatic nitrogens is 2. The van der Waals surface area contributed by atoms with E-state index in [1.165, 1.54) is 0 Å². The lowest BCUT2D eigenvalue weighted by Crippen LogP contribution is -2.47. The SMILES string of the molecule is Cc1cccc(-c2nnc(CN3CCNC(=O)C3)o2)c1. The van der Waals surface area contributed by atoms with Crippen molar-refractivity contribution in [3.05, 3.63) is 35.7 Å². The van der Waals surface area contributed by atoms with Crippen LogP contribution in [0, 0.1) is 6.92 Å². The van der Waals surface area contributed by atoms with E-state index in [-0.39, 0.29) is 5.91 Å². The van der Waals surface area contributed by atoms with Gasteiger partial charge in [-0.2, -0.15) is 0 Å². The summed E-state index contributed by atoms with van der Waals surface area (Å²) in [6.07, 6.45) is 0. The van der Waals surface area contributed by atoms with Crippen LogP contribution in [0.3, 0.4) is 0 Å². The summed E-state index contributed by atoms with van der Waals surface area (Å²) in [5.74, 6) is 1.09. The molecule has 1 saturated heterocycles. The maximum absolute atomic E-state index is 11.3. The lowest BCUT2D eigenvalue weighted by atomic mass is 10.1. The Morgan fingerprint density at radius 2 is 2.30 bits per heavy atom. The lowest BCUT2D eigenvalue weighted by Gasteiger charge is -2.24. The Kier molecular flexibility index (Phi) is 3.47. The first-order valence-corrected chi connectivity index (χ1v) is 6.59. The minimum absolute atomic E-state index is 0.0367. The predicted molar refractivity (Wildman–Crippen MR) is 72.8 cm³/mol. The van der Waals surface area contributed by atoms with Gasteiger partial charge in [-0.15, -0.1) is 10.2 Å². The fraction of sp³-hybridized carbons (Fsp3) is 0.357. The molecule has 2 heterocycles. The van der Waals surface area contributed by atoms with Gasteiger partial charge in [0.25, 0.3) is 0 Å².